The zero-order valence-electron chi connectivity index (χ0n) is 13.7. The van der Waals surface area contributed by atoms with Crippen LogP contribution >= 0.6 is 11.6 Å². The van der Waals surface area contributed by atoms with Crippen LogP contribution < -0.4 is 5.56 Å². The molecule has 2 aromatic heterocycles. The maximum atomic E-state index is 13.1. The second-order valence-corrected chi connectivity index (χ2v) is 6.13. The lowest BCUT2D eigenvalue weighted by Crippen LogP contribution is -2.22. The third kappa shape index (κ3) is 3.15. The smallest absolute Gasteiger partial charge is 0.266 e. The number of rotatable bonds is 3. The fraction of sp³-hybridized carbons (Fsp3) is 0. The molecule has 5 heteroatoms. The van der Waals surface area contributed by atoms with Crippen LogP contribution in [0.2, 0.25) is 5.02 Å². The van der Waals surface area contributed by atoms with Crippen molar-refractivity contribution >= 4 is 34.7 Å². The summed E-state index contributed by atoms with van der Waals surface area (Å²) >= 11 is 6.13. The van der Waals surface area contributed by atoms with Gasteiger partial charge in [-0.1, -0.05) is 35.9 Å². The molecule has 0 aliphatic rings. The summed E-state index contributed by atoms with van der Waals surface area (Å²) in [4.78, 5) is 22.0. The molecule has 0 aliphatic heterocycles. The summed E-state index contributed by atoms with van der Waals surface area (Å²) in [5, 5.41) is 1.12. The molecule has 0 saturated carbocycles. The largest absolute Gasteiger partial charge is 0.268 e. The summed E-state index contributed by atoms with van der Waals surface area (Å²) in [6, 6.07) is 20.1. The van der Waals surface area contributed by atoms with Gasteiger partial charge in [-0.3, -0.25) is 14.3 Å². The zero-order valence-corrected chi connectivity index (χ0v) is 14.5. The number of nitrogens with zero attached hydrogens (tertiary/aromatic N) is 3. The highest BCUT2D eigenvalue weighted by Crippen LogP contribution is 2.18. The molecule has 26 heavy (non-hydrogen) atoms. The van der Waals surface area contributed by atoms with Gasteiger partial charge in [-0.05, 0) is 54.6 Å². The fourth-order valence-electron chi connectivity index (χ4n) is 2.76. The predicted molar refractivity (Wildman–Crippen MR) is 106 cm³/mol. The molecule has 0 spiro atoms. The highest BCUT2D eigenvalue weighted by Gasteiger charge is 2.11. The van der Waals surface area contributed by atoms with Crippen LogP contribution in [-0.4, -0.2) is 14.5 Å². The number of aromatic nitrogens is 3. The lowest BCUT2D eigenvalue weighted by Gasteiger charge is -2.11. The quantitative estimate of drug-likeness (QED) is 0.537. The highest BCUT2D eigenvalue weighted by atomic mass is 35.5. The van der Waals surface area contributed by atoms with Gasteiger partial charge in [0.2, 0.25) is 0 Å². The highest BCUT2D eigenvalue weighted by molar-refractivity contribution is 6.30. The molecule has 0 bridgehead atoms. The number of pyridine rings is 1. The van der Waals surface area contributed by atoms with E-state index in [0.29, 0.717) is 27.4 Å². The van der Waals surface area contributed by atoms with Crippen molar-refractivity contribution in [2.45, 2.75) is 0 Å². The van der Waals surface area contributed by atoms with Gasteiger partial charge < -0.3 is 0 Å². The first-order valence-corrected chi connectivity index (χ1v) is 8.47. The van der Waals surface area contributed by atoms with Crippen molar-refractivity contribution in [2.75, 3.05) is 0 Å². The van der Waals surface area contributed by atoms with Crippen molar-refractivity contribution in [1.29, 1.82) is 0 Å². The lowest BCUT2D eigenvalue weighted by atomic mass is 10.2. The van der Waals surface area contributed by atoms with Gasteiger partial charge in [-0.25, -0.2) is 4.98 Å². The number of fused-ring (bicyclic) bond motifs is 1. The maximum absolute atomic E-state index is 13.1. The van der Waals surface area contributed by atoms with Crippen LogP contribution in [0.15, 0.2) is 77.7 Å². The Morgan fingerprint density at radius 3 is 2.58 bits per heavy atom. The minimum absolute atomic E-state index is 0.140. The Morgan fingerprint density at radius 2 is 1.77 bits per heavy atom. The molecule has 2 aromatic carbocycles. The van der Waals surface area contributed by atoms with Gasteiger partial charge in [-0.2, -0.15) is 0 Å². The SMILES string of the molecule is O=c1c2ccccc2nc(C=Cc2ccccn2)n1-c1cccc(Cl)c1. The van der Waals surface area contributed by atoms with E-state index in [4.69, 9.17) is 11.6 Å². The minimum Gasteiger partial charge on any atom is -0.268 e. The van der Waals surface area contributed by atoms with Gasteiger partial charge in [0.05, 0.1) is 22.3 Å². The molecular weight excluding hydrogens is 346 g/mol. The van der Waals surface area contributed by atoms with Gasteiger partial charge in [0.25, 0.3) is 5.56 Å². The Morgan fingerprint density at radius 1 is 0.923 bits per heavy atom. The van der Waals surface area contributed by atoms with Crippen molar-refractivity contribution in [2.24, 2.45) is 0 Å². The maximum Gasteiger partial charge on any atom is 0.266 e. The van der Waals surface area contributed by atoms with Gasteiger partial charge in [-0.15, -0.1) is 0 Å². The van der Waals surface area contributed by atoms with E-state index in [0.717, 1.165) is 5.69 Å². The Labute approximate surface area is 155 Å². The van der Waals surface area contributed by atoms with Crippen LogP contribution in [0.3, 0.4) is 0 Å². The summed E-state index contributed by atoms with van der Waals surface area (Å²) in [6.45, 7) is 0. The molecule has 126 valence electrons. The van der Waals surface area contributed by atoms with E-state index in [1.165, 1.54) is 0 Å². The summed E-state index contributed by atoms with van der Waals surface area (Å²) in [6.07, 6.45) is 5.34. The minimum atomic E-state index is -0.140. The summed E-state index contributed by atoms with van der Waals surface area (Å²) in [7, 11) is 0. The van der Waals surface area contributed by atoms with Gasteiger partial charge in [0.15, 0.2) is 0 Å². The molecule has 0 N–H and O–H groups in total. The average Bonchev–Trinajstić information content (AvgIpc) is 2.67. The van der Waals surface area contributed by atoms with Crippen LogP contribution in [0, 0.1) is 0 Å². The Hall–Kier alpha value is -3.24. The zero-order chi connectivity index (χ0) is 17.9. The monoisotopic (exact) mass is 359 g/mol. The molecule has 0 aliphatic carbocycles. The molecule has 0 atom stereocenters. The predicted octanol–water partition coefficient (Wildman–Crippen LogP) is 4.60. The van der Waals surface area contributed by atoms with Crippen molar-refractivity contribution < 1.29 is 0 Å². The average molecular weight is 360 g/mol. The molecule has 0 unspecified atom stereocenters. The van der Waals surface area contributed by atoms with Crippen molar-refractivity contribution in [1.82, 2.24) is 14.5 Å². The third-order valence-corrected chi connectivity index (χ3v) is 4.19. The van der Waals surface area contributed by atoms with E-state index >= 15 is 0 Å². The second-order valence-electron chi connectivity index (χ2n) is 5.70. The standard InChI is InChI=1S/C21H14ClN3O/c22-15-6-5-8-17(14-15)25-20(12-11-16-7-3-4-13-23-16)24-19-10-2-1-9-18(19)21(25)26/h1-14H. The van der Waals surface area contributed by atoms with Crippen molar-refractivity contribution in [3.8, 4) is 5.69 Å². The van der Waals surface area contributed by atoms with E-state index in [1.54, 1.807) is 35.0 Å². The van der Waals surface area contributed by atoms with E-state index in [9.17, 15) is 4.79 Å². The van der Waals surface area contributed by atoms with Gasteiger partial charge in [0, 0.05) is 11.2 Å². The first-order valence-electron chi connectivity index (χ1n) is 8.09. The van der Waals surface area contributed by atoms with E-state index < -0.39 is 0 Å². The topological polar surface area (TPSA) is 47.8 Å². The van der Waals surface area contributed by atoms with Crippen molar-refractivity contribution in [3.05, 3.63) is 99.8 Å². The number of para-hydroxylation sites is 1. The van der Waals surface area contributed by atoms with Crippen LogP contribution in [0.1, 0.15) is 11.5 Å². The fourth-order valence-corrected chi connectivity index (χ4v) is 2.95. The second kappa shape index (κ2) is 6.94. The van der Waals surface area contributed by atoms with Gasteiger partial charge in [0.1, 0.15) is 5.82 Å². The van der Waals surface area contributed by atoms with Crippen LogP contribution in [0.4, 0.5) is 0 Å². The van der Waals surface area contributed by atoms with Crippen LogP contribution in [-0.2, 0) is 0 Å². The molecule has 4 nitrogen and oxygen atoms in total. The molecule has 2 heterocycles. The summed E-state index contributed by atoms with van der Waals surface area (Å²) in [5.74, 6) is 0.515. The lowest BCUT2D eigenvalue weighted by molar-refractivity contribution is 0.944. The normalized spacial score (nSPS) is 11.3. The van der Waals surface area contributed by atoms with Gasteiger partial charge >= 0.3 is 0 Å². The molecule has 0 radical (unpaired) electrons. The first-order chi connectivity index (χ1) is 12.7. The number of halogens is 1. The summed E-state index contributed by atoms with van der Waals surface area (Å²) in [5.41, 5.74) is 1.96. The molecular formula is C21H14ClN3O. The van der Waals surface area contributed by atoms with Crippen LogP contribution in [0.5, 0.6) is 0 Å². The Balaban J connectivity index is 1.97. The number of hydrogen-bond acceptors (Lipinski definition) is 3. The third-order valence-electron chi connectivity index (χ3n) is 3.96. The molecule has 4 aromatic rings. The van der Waals surface area contributed by atoms with E-state index in [1.807, 2.05) is 54.6 Å². The van der Waals surface area contributed by atoms with E-state index in [-0.39, 0.29) is 5.56 Å². The Bertz CT molecular complexity index is 1170. The number of hydrogen-bond donors (Lipinski definition) is 0. The summed E-state index contributed by atoms with van der Waals surface area (Å²) < 4.78 is 1.56. The molecule has 0 saturated heterocycles. The van der Waals surface area contributed by atoms with E-state index in [2.05, 4.69) is 9.97 Å². The van der Waals surface area contributed by atoms with Crippen LogP contribution in [0.25, 0.3) is 28.7 Å². The number of benzene rings is 2. The first kappa shape index (κ1) is 16.2. The Kier molecular flexibility index (Phi) is 4.33. The molecule has 0 fully saturated rings. The molecule has 0 amide bonds. The van der Waals surface area contributed by atoms with Crippen molar-refractivity contribution in [3.63, 3.8) is 0 Å². The molecule has 4 rings (SSSR count).